The number of benzene rings is 2. The predicted octanol–water partition coefficient (Wildman–Crippen LogP) is 2.33. The van der Waals surface area contributed by atoms with Crippen LogP contribution in [0.1, 0.15) is 17.2 Å². The van der Waals surface area contributed by atoms with Crippen LogP contribution < -0.4 is 4.18 Å². The first-order valence-electron chi connectivity index (χ1n) is 7.83. The molecule has 0 heterocycles. The molecule has 0 unspecified atom stereocenters. The molecular weight excluding hydrogens is 378 g/mol. The second kappa shape index (κ2) is 9.02. The van der Waals surface area contributed by atoms with Gasteiger partial charge in [0.1, 0.15) is 11.6 Å². The summed E-state index contributed by atoms with van der Waals surface area (Å²) in [7, 11) is -3.61. The SMILES string of the molecule is CS(=O)(=O)Oc1ccc([C@H](O)CN(Cc2ccccc2)C(=O)CCl)cc1. The Kier molecular flexibility index (Phi) is 7.02. The summed E-state index contributed by atoms with van der Waals surface area (Å²) in [6.45, 7) is 0.394. The van der Waals surface area contributed by atoms with E-state index in [0.717, 1.165) is 11.8 Å². The molecule has 0 aliphatic carbocycles. The number of alkyl halides is 1. The standard InChI is InChI=1S/C18H20ClNO5S/c1-26(23,24)25-16-9-7-15(8-10-16)17(21)13-20(18(22)11-19)12-14-5-3-2-4-6-14/h2-10,17,21H,11-13H2,1H3/t17-/m1/s1. The maximum Gasteiger partial charge on any atom is 0.306 e. The van der Waals surface area contributed by atoms with Crippen molar-refractivity contribution in [2.24, 2.45) is 0 Å². The number of amides is 1. The Balaban J connectivity index is 2.08. The van der Waals surface area contributed by atoms with Crippen LogP contribution in [0.3, 0.4) is 0 Å². The molecule has 1 amide bonds. The first kappa shape index (κ1) is 20.2. The third-order valence-electron chi connectivity index (χ3n) is 3.59. The van der Waals surface area contributed by atoms with E-state index in [0.29, 0.717) is 12.1 Å². The van der Waals surface area contributed by atoms with E-state index in [-0.39, 0.29) is 24.1 Å². The molecule has 2 aromatic rings. The van der Waals surface area contributed by atoms with E-state index in [1.54, 1.807) is 12.1 Å². The van der Waals surface area contributed by atoms with Gasteiger partial charge in [0, 0.05) is 6.54 Å². The number of hydrogen-bond donors (Lipinski definition) is 1. The summed E-state index contributed by atoms with van der Waals surface area (Å²) in [5, 5.41) is 10.4. The van der Waals surface area contributed by atoms with Crippen LogP contribution in [-0.2, 0) is 21.5 Å². The van der Waals surface area contributed by atoms with Crippen molar-refractivity contribution in [1.29, 1.82) is 0 Å². The largest absolute Gasteiger partial charge is 0.387 e. The van der Waals surface area contributed by atoms with Crippen LogP contribution >= 0.6 is 11.6 Å². The Morgan fingerprint density at radius 2 is 1.77 bits per heavy atom. The maximum absolute atomic E-state index is 12.1. The average Bonchev–Trinajstić information content (AvgIpc) is 2.60. The van der Waals surface area contributed by atoms with E-state index in [2.05, 4.69) is 0 Å². The number of carbonyl (C=O) groups excluding carboxylic acids is 1. The van der Waals surface area contributed by atoms with Crippen LogP contribution in [0.2, 0.25) is 0 Å². The first-order chi connectivity index (χ1) is 12.3. The summed E-state index contributed by atoms with van der Waals surface area (Å²) in [5.74, 6) is -0.311. The number of aliphatic hydroxyl groups is 1. The highest BCUT2D eigenvalue weighted by atomic mass is 35.5. The molecule has 0 fully saturated rings. The van der Waals surface area contributed by atoms with Crippen LogP contribution in [0.4, 0.5) is 0 Å². The summed E-state index contributed by atoms with van der Waals surface area (Å²) in [6, 6.07) is 15.4. The average molecular weight is 398 g/mol. The Morgan fingerprint density at radius 3 is 2.31 bits per heavy atom. The topological polar surface area (TPSA) is 83.9 Å². The summed E-state index contributed by atoms with van der Waals surface area (Å²) in [5.41, 5.74) is 1.46. The van der Waals surface area contributed by atoms with Crippen molar-refractivity contribution in [2.75, 3.05) is 18.7 Å². The van der Waals surface area contributed by atoms with Gasteiger partial charge in [0.15, 0.2) is 0 Å². The van der Waals surface area contributed by atoms with Crippen LogP contribution in [0, 0.1) is 0 Å². The van der Waals surface area contributed by atoms with E-state index < -0.39 is 16.2 Å². The van der Waals surface area contributed by atoms with Gasteiger partial charge in [-0.25, -0.2) is 0 Å². The third-order valence-corrected chi connectivity index (χ3v) is 4.31. The van der Waals surface area contributed by atoms with Gasteiger partial charge in [-0.3, -0.25) is 4.79 Å². The number of hydrogen-bond acceptors (Lipinski definition) is 5. The lowest BCUT2D eigenvalue weighted by Gasteiger charge is -2.25. The first-order valence-corrected chi connectivity index (χ1v) is 10.2. The number of nitrogens with zero attached hydrogens (tertiary/aromatic N) is 1. The van der Waals surface area contributed by atoms with Gasteiger partial charge in [-0.2, -0.15) is 8.42 Å². The molecule has 1 N–H and O–H groups in total. The summed E-state index contributed by atoms with van der Waals surface area (Å²) in [6.07, 6.45) is 0.00721. The molecule has 0 radical (unpaired) electrons. The fourth-order valence-electron chi connectivity index (χ4n) is 2.38. The Morgan fingerprint density at radius 1 is 1.15 bits per heavy atom. The van der Waals surface area contributed by atoms with E-state index >= 15 is 0 Å². The molecule has 2 rings (SSSR count). The minimum Gasteiger partial charge on any atom is -0.387 e. The lowest BCUT2D eigenvalue weighted by molar-refractivity contribution is -0.130. The second-order valence-electron chi connectivity index (χ2n) is 5.77. The van der Waals surface area contributed by atoms with Gasteiger partial charge in [-0.15, -0.1) is 11.6 Å². The summed E-state index contributed by atoms with van der Waals surface area (Å²) in [4.78, 5) is 13.6. The highest BCUT2D eigenvalue weighted by Gasteiger charge is 2.19. The Hall–Kier alpha value is -2.09. The zero-order valence-electron chi connectivity index (χ0n) is 14.2. The van der Waals surface area contributed by atoms with Gasteiger partial charge in [0.25, 0.3) is 0 Å². The fourth-order valence-corrected chi connectivity index (χ4v) is 3.01. The molecule has 0 saturated heterocycles. The van der Waals surface area contributed by atoms with Gasteiger partial charge in [-0.05, 0) is 23.3 Å². The molecular formula is C18H20ClNO5S. The molecule has 0 aliphatic heterocycles. The normalized spacial score (nSPS) is 12.4. The van der Waals surface area contributed by atoms with Crippen molar-refractivity contribution in [1.82, 2.24) is 4.90 Å². The molecule has 0 spiro atoms. The molecule has 0 aromatic heterocycles. The van der Waals surface area contributed by atoms with Crippen molar-refractivity contribution in [3.8, 4) is 5.75 Å². The number of halogens is 1. The van der Waals surface area contributed by atoms with Crippen LogP contribution in [-0.4, -0.2) is 43.0 Å². The molecule has 0 saturated carbocycles. The van der Waals surface area contributed by atoms with Gasteiger partial charge in [0.2, 0.25) is 5.91 Å². The zero-order valence-corrected chi connectivity index (χ0v) is 15.8. The van der Waals surface area contributed by atoms with Gasteiger partial charge in [0.05, 0.1) is 18.9 Å². The minimum absolute atomic E-state index is 0.0622. The van der Waals surface area contributed by atoms with Gasteiger partial charge < -0.3 is 14.2 Å². The molecule has 26 heavy (non-hydrogen) atoms. The smallest absolute Gasteiger partial charge is 0.306 e. The minimum atomic E-state index is -3.61. The monoisotopic (exact) mass is 397 g/mol. The number of carbonyl (C=O) groups is 1. The molecule has 2 aromatic carbocycles. The van der Waals surface area contributed by atoms with E-state index in [1.165, 1.54) is 17.0 Å². The summed E-state index contributed by atoms with van der Waals surface area (Å²) >= 11 is 5.68. The van der Waals surface area contributed by atoms with Crippen molar-refractivity contribution in [2.45, 2.75) is 12.6 Å². The van der Waals surface area contributed by atoms with Crippen LogP contribution in [0.15, 0.2) is 54.6 Å². The van der Waals surface area contributed by atoms with Crippen LogP contribution in [0.25, 0.3) is 0 Å². The zero-order chi connectivity index (χ0) is 19.2. The molecule has 6 nitrogen and oxygen atoms in total. The molecule has 0 bridgehead atoms. The van der Waals surface area contributed by atoms with Gasteiger partial charge >= 0.3 is 10.1 Å². The molecule has 0 aliphatic rings. The Labute approximate surface area is 158 Å². The second-order valence-corrected chi connectivity index (χ2v) is 7.61. The fraction of sp³-hybridized carbons (Fsp3) is 0.278. The van der Waals surface area contributed by atoms with Crippen LogP contribution in [0.5, 0.6) is 5.75 Å². The lowest BCUT2D eigenvalue weighted by atomic mass is 10.1. The number of rotatable bonds is 8. The quantitative estimate of drug-likeness (QED) is 0.546. The maximum atomic E-state index is 12.1. The Bertz CT molecular complexity index is 824. The molecule has 140 valence electrons. The van der Waals surface area contributed by atoms with E-state index in [4.69, 9.17) is 15.8 Å². The van der Waals surface area contributed by atoms with E-state index in [9.17, 15) is 18.3 Å². The van der Waals surface area contributed by atoms with Crippen molar-refractivity contribution >= 4 is 27.6 Å². The third kappa shape index (κ3) is 6.33. The van der Waals surface area contributed by atoms with E-state index in [1.807, 2.05) is 30.3 Å². The lowest BCUT2D eigenvalue weighted by Crippen LogP contribution is -2.35. The van der Waals surface area contributed by atoms with Crippen molar-refractivity contribution in [3.63, 3.8) is 0 Å². The molecule has 8 heteroatoms. The van der Waals surface area contributed by atoms with Crippen molar-refractivity contribution < 1.29 is 22.5 Å². The predicted molar refractivity (Wildman–Crippen MR) is 99.5 cm³/mol. The highest BCUT2D eigenvalue weighted by molar-refractivity contribution is 7.86. The van der Waals surface area contributed by atoms with Crippen molar-refractivity contribution in [3.05, 3.63) is 65.7 Å². The number of aliphatic hydroxyl groups excluding tert-OH is 1. The highest BCUT2D eigenvalue weighted by Crippen LogP contribution is 2.20. The molecule has 1 atom stereocenters. The van der Waals surface area contributed by atoms with Gasteiger partial charge in [-0.1, -0.05) is 42.5 Å². The summed E-state index contributed by atoms with van der Waals surface area (Å²) < 4.78 is 27.0.